The van der Waals surface area contributed by atoms with Gasteiger partial charge in [-0.25, -0.2) is 0 Å². The van der Waals surface area contributed by atoms with Gasteiger partial charge in [-0.05, 0) is 60.9 Å². The SMILES string of the molecule is CCOCOc1cc(-c2c(OC)c(OCOCC)c3c(OC)c(-c4ccccc4)ccc3c2O)c(O)c2ccc(-c3ccccc3)cc12. The molecule has 0 aliphatic heterocycles. The monoisotopic (exact) mass is 646 g/mol. The van der Waals surface area contributed by atoms with Gasteiger partial charge in [0.1, 0.15) is 23.0 Å². The summed E-state index contributed by atoms with van der Waals surface area (Å²) >= 11 is 0. The van der Waals surface area contributed by atoms with Gasteiger partial charge in [0, 0.05) is 40.5 Å². The fraction of sp³-hybridized carbons (Fsp3) is 0.200. The Bertz CT molecular complexity index is 2040. The highest BCUT2D eigenvalue weighted by Gasteiger charge is 2.29. The van der Waals surface area contributed by atoms with E-state index in [4.69, 9.17) is 28.4 Å². The number of methoxy groups -OCH3 is 2. The van der Waals surface area contributed by atoms with Crippen LogP contribution in [0.5, 0.6) is 34.5 Å². The van der Waals surface area contributed by atoms with Crippen molar-refractivity contribution in [2.24, 2.45) is 0 Å². The molecule has 0 amide bonds. The zero-order chi connectivity index (χ0) is 33.6. The molecular formula is C40H38O8. The average molecular weight is 647 g/mol. The Morgan fingerprint density at radius 2 is 1.15 bits per heavy atom. The van der Waals surface area contributed by atoms with Gasteiger partial charge in [-0.15, -0.1) is 0 Å². The molecular weight excluding hydrogens is 608 g/mol. The standard InChI is InChI=1S/C40H38O8/c1-5-45-23-47-33-22-32(36(41)29-18-17-27(21-31(29)33)25-13-9-7-10-14-25)34-37(42)30-20-19-28(26-15-11-8-12-16-26)38(43-3)35(30)40(39(34)44-4)48-24-46-6-2/h7-22,41-42H,5-6,23-24H2,1-4H3. The first-order valence-corrected chi connectivity index (χ1v) is 15.8. The molecule has 0 saturated carbocycles. The quantitative estimate of drug-likeness (QED) is 0.0948. The van der Waals surface area contributed by atoms with E-state index in [-0.39, 0.29) is 42.0 Å². The summed E-state index contributed by atoms with van der Waals surface area (Å²) in [7, 11) is 3.06. The third-order valence-electron chi connectivity index (χ3n) is 8.24. The summed E-state index contributed by atoms with van der Waals surface area (Å²) in [4.78, 5) is 0. The fourth-order valence-corrected chi connectivity index (χ4v) is 5.98. The number of phenols is 2. The van der Waals surface area contributed by atoms with Gasteiger partial charge in [0.05, 0.1) is 25.2 Å². The van der Waals surface area contributed by atoms with E-state index in [1.807, 2.05) is 105 Å². The van der Waals surface area contributed by atoms with Crippen LogP contribution in [-0.4, -0.2) is 51.2 Å². The van der Waals surface area contributed by atoms with Crippen LogP contribution in [0.25, 0.3) is 54.9 Å². The Labute approximate surface area is 279 Å². The second kappa shape index (κ2) is 14.5. The maximum atomic E-state index is 12.1. The largest absolute Gasteiger partial charge is 0.507 e. The molecule has 8 nitrogen and oxygen atoms in total. The van der Waals surface area contributed by atoms with Gasteiger partial charge in [0.2, 0.25) is 0 Å². The van der Waals surface area contributed by atoms with Gasteiger partial charge in [0.25, 0.3) is 0 Å². The Morgan fingerprint density at radius 3 is 1.79 bits per heavy atom. The molecule has 0 heterocycles. The number of rotatable bonds is 13. The van der Waals surface area contributed by atoms with E-state index in [1.54, 1.807) is 13.2 Å². The number of benzene rings is 6. The van der Waals surface area contributed by atoms with Crippen LogP contribution in [0, 0.1) is 0 Å². The number of phenolic OH excluding ortho intramolecular Hbond substituents is 2. The van der Waals surface area contributed by atoms with Crippen LogP contribution in [0.4, 0.5) is 0 Å². The van der Waals surface area contributed by atoms with Crippen molar-refractivity contribution >= 4 is 21.5 Å². The Balaban J connectivity index is 1.65. The summed E-state index contributed by atoms with van der Waals surface area (Å²) in [5.74, 6) is 1.23. The molecule has 0 bridgehead atoms. The van der Waals surface area contributed by atoms with E-state index in [0.29, 0.717) is 52.0 Å². The molecule has 2 N–H and O–H groups in total. The zero-order valence-corrected chi connectivity index (χ0v) is 27.4. The highest BCUT2D eigenvalue weighted by molar-refractivity contribution is 6.11. The molecule has 0 spiro atoms. The van der Waals surface area contributed by atoms with E-state index in [9.17, 15) is 10.2 Å². The van der Waals surface area contributed by atoms with Crippen molar-refractivity contribution in [1.82, 2.24) is 0 Å². The van der Waals surface area contributed by atoms with Crippen molar-refractivity contribution in [3.63, 3.8) is 0 Å². The van der Waals surface area contributed by atoms with Crippen molar-refractivity contribution in [1.29, 1.82) is 0 Å². The molecule has 6 rings (SSSR count). The summed E-state index contributed by atoms with van der Waals surface area (Å²) in [5.41, 5.74) is 4.20. The first kappa shape index (κ1) is 32.5. The molecule has 0 aliphatic rings. The van der Waals surface area contributed by atoms with Crippen LogP contribution < -0.4 is 18.9 Å². The zero-order valence-electron chi connectivity index (χ0n) is 27.4. The van der Waals surface area contributed by atoms with Crippen molar-refractivity contribution in [2.75, 3.05) is 41.0 Å². The lowest BCUT2D eigenvalue weighted by Gasteiger charge is -2.23. The summed E-state index contributed by atoms with van der Waals surface area (Å²) in [5, 5.41) is 26.2. The molecule has 0 unspecified atom stereocenters. The lowest BCUT2D eigenvalue weighted by Crippen LogP contribution is -2.06. The normalized spacial score (nSPS) is 11.2. The highest BCUT2D eigenvalue weighted by atomic mass is 16.7. The number of hydrogen-bond donors (Lipinski definition) is 2. The number of ether oxygens (including phenoxy) is 6. The average Bonchev–Trinajstić information content (AvgIpc) is 3.13. The van der Waals surface area contributed by atoms with Crippen LogP contribution in [0.2, 0.25) is 0 Å². The Kier molecular flexibility index (Phi) is 9.85. The molecule has 0 aliphatic carbocycles. The minimum absolute atomic E-state index is 0.00556. The summed E-state index contributed by atoms with van der Waals surface area (Å²) in [6.45, 7) is 4.55. The molecule has 0 aromatic heterocycles. The summed E-state index contributed by atoms with van der Waals surface area (Å²) < 4.78 is 35.5. The van der Waals surface area contributed by atoms with Crippen LogP contribution in [0.15, 0.2) is 97.1 Å². The highest BCUT2D eigenvalue weighted by Crippen LogP contribution is 2.57. The molecule has 0 fully saturated rings. The van der Waals surface area contributed by atoms with Crippen LogP contribution in [-0.2, 0) is 9.47 Å². The lowest BCUT2D eigenvalue weighted by atomic mass is 9.91. The predicted octanol–water partition coefficient (Wildman–Crippen LogP) is 9.17. The van der Waals surface area contributed by atoms with Crippen LogP contribution in [0.3, 0.4) is 0 Å². The van der Waals surface area contributed by atoms with Gasteiger partial charge in [-0.3, -0.25) is 0 Å². The topological polar surface area (TPSA) is 95.8 Å². The van der Waals surface area contributed by atoms with Gasteiger partial charge in [0.15, 0.2) is 25.1 Å². The molecule has 6 aromatic rings. The first-order valence-electron chi connectivity index (χ1n) is 15.8. The van der Waals surface area contributed by atoms with E-state index < -0.39 is 0 Å². The van der Waals surface area contributed by atoms with E-state index in [2.05, 4.69) is 0 Å². The Morgan fingerprint density at radius 1 is 0.521 bits per heavy atom. The van der Waals surface area contributed by atoms with Crippen molar-refractivity contribution < 1.29 is 38.6 Å². The molecule has 0 atom stereocenters. The molecule has 8 heteroatoms. The lowest BCUT2D eigenvalue weighted by molar-refractivity contribution is 0.0218. The van der Waals surface area contributed by atoms with Gasteiger partial charge >= 0.3 is 0 Å². The maximum absolute atomic E-state index is 12.1. The molecule has 6 aromatic carbocycles. The third-order valence-corrected chi connectivity index (χ3v) is 8.24. The molecule has 0 saturated heterocycles. The first-order chi connectivity index (χ1) is 23.5. The van der Waals surface area contributed by atoms with E-state index in [0.717, 1.165) is 22.3 Å². The molecule has 0 radical (unpaired) electrons. The summed E-state index contributed by atoms with van der Waals surface area (Å²) in [6.07, 6.45) is 0. The number of aromatic hydroxyl groups is 2. The van der Waals surface area contributed by atoms with Crippen molar-refractivity contribution in [3.8, 4) is 67.9 Å². The van der Waals surface area contributed by atoms with E-state index in [1.165, 1.54) is 7.11 Å². The van der Waals surface area contributed by atoms with Gasteiger partial charge in [-0.2, -0.15) is 0 Å². The second-order valence-corrected chi connectivity index (χ2v) is 10.9. The fourth-order valence-electron chi connectivity index (χ4n) is 5.98. The minimum atomic E-state index is -0.130. The predicted molar refractivity (Wildman–Crippen MR) is 188 cm³/mol. The van der Waals surface area contributed by atoms with Crippen LogP contribution >= 0.6 is 0 Å². The Hall–Kier alpha value is -5.44. The van der Waals surface area contributed by atoms with Crippen molar-refractivity contribution in [3.05, 3.63) is 97.1 Å². The van der Waals surface area contributed by atoms with E-state index >= 15 is 0 Å². The van der Waals surface area contributed by atoms with Crippen LogP contribution in [0.1, 0.15) is 13.8 Å². The number of hydrogen-bond acceptors (Lipinski definition) is 8. The van der Waals surface area contributed by atoms with Gasteiger partial charge < -0.3 is 38.6 Å². The smallest absolute Gasteiger partial charge is 0.189 e. The second-order valence-electron chi connectivity index (χ2n) is 10.9. The molecule has 246 valence electrons. The van der Waals surface area contributed by atoms with Gasteiger partial charge in [-0.1, -0.05) is 66.7 Å². The minimum Gasteiger partial charge on any atom is -0.507 e. The number of fused-ring (bicyclic) bond motifs is 2. The summed E-state index contributed by atoms with van der Waals surface area (Å²) in [6, 6.07) is 30.9. The maximum Gasteiger partial charge on any atom is 0.189 e. The van der Waals surface area contributed by atoms with Crippen molar-refractivity contribution in [2.45, 2.75) is 13.8 Å². The third kappa shape index (κ3) is 6.03. The molecule has 48 heavy (non-hydrogen) atoms.